The monoisotopic (exact) mass is 295 g/mol. The molecule has 0 aliphatic carbocycles. The Balaban J connectivity index is 3.17. The summed E-state index contributed by atoms with van der Waals surface area (Å²) in [5, 5.41) is 0. The molecule has 1 atom stereocenters. The van der Waals surface area contributed by atoms with E-state index in [9.17, 15) is 13.2 Å². The number of rotatable bonds is 6. The second kappa shape index (κ2) is 7.08. The number of carbonyl (C=O) groups is 1. The van der Waals surface area contributed by atoms with Gasteiger partial charge in [0.25, 0.3) is 0 Å². The van der Waals surface area contributed by atoms with E-state index in [4.69, 9.17) is 6.42 Å². The normalized spacial score (nSPS) is 12.4. The molecule has 20 heavy (non-hydrogen) atoms. The predicted molar refractivity (Wildman–Crippen MR) is 75.6 cm³/mol. The van der Waals surface area contributed by atoms with Crippen molar-refractivity contribution in [1.29, 1.82) is 0 Å². The van der Waals surface area contributed by atoms with Gasteiger partial charge in [-0.25, -0.2) is 13.2 Å². The van der Waals surface area contributed by atoms with Gasteiger partial charge in [0, 0.05) is 0 Å². The second-order valence-electron chi connectivity index (χ2n) is 4.12. The number of benzene rings is 1. The van der Waals surface area contributed by atoms with Gasteiger partial charge in [-0.1, -0.05) is 31.4 Å². The van der Waals surface area contributed by atoms with Crippen molar-refractivity contribution in [2.75, 3.05) is 7.11 Å². The molecule has 0 spiro atoms. The van der Waals surface area contributed by atoms with Gasteiger partial charge in [0.2, 0.25) is 10.0 Å². The third kappa shape index (κ3) is 3.83. The minimum absolute atomic E-state index is 0.0187. The van der Waals surface area contributed by atoms with Crippen molar-refractivity contribution in [3.05, 3.63) is 29.8 Å². The molecule has 108 valence electrons. The van der Waals surface area contributed by atoms with Crippen molar-refractivity contribution in [2.24, 2.45) is 0 Å². The standard InChI is InChI=1S/C14H17NO4S/c1-4-8-11(5-2)15-20(17,18)13-10-7-6-9-12(13)14(16)19-3/h2,6-7,9-11,15H,4,8H2,1,3H3. The van der Waals surface area contributed by atoms with E-state index in [1.165, 1.54) is 25.3 Å². The summed E-state index contributed by atoms with van der Waals surface area (Å²) >= 11 is 0. The highest BCUT2D eigenvalue weighted by molar-refractivity contribution is 7.89. The van der Waals surface area contributed by atoms with Crippen LogP contribution in [-0.2, 0) is 14.8 Å². The summed E-state index contributed by atoms with van der Waals surface area (Å²) in [6.07, 6.45) is 6.57. The molecule has 0 aliphatic rings. The molecule has 1 rings (SSSR count). The SMILES string of the molecule is C#CC(CCC)NS(=O)(=O)c1ccccc1C(=O)OC. The minimum Gasteiger partial charge on any atom is -0.465 e. The number of carbonyl (C=O) groups excluding carboxylic acids is 1. The van der Waals surface area contributed by atoms with Crippen LogP contribution in [0.3, 0.4) is 0 Å². The van der Waals surface area contributed by atoms with E-state index in [-0.39, 0.29) is 10.5 Å². The summed E-state index contributed by atoms with van der Waals surface area (Å²) < 4.78 is 31.6. The molecular formula is C14H17NO4S. The Morgan fingerprint density at radius 3 is 2.65 bits per heavy atom. The zero-order valence-corrected chi connectivity index (χ0v) is 12.2. The van der Waals surface area contributed by atoms with Crippen LogP contribution in [0, 0.1) is 12.3 Å². The average Bonchev–Trinajstić information content (AvgIpc) is 2.45. The zero-order valence-electron chi connectivity index (χ0n) is 11.4. The lowest BCUT2D eigenvalue weighted by Crippen LogP contribution is -2.34. The Morgan fingerprint density at radius 2 is 2.10 bits per heavy atom. The van der Waals surface area contributed by atoms with Crippen LogP contribution in [0.1, 0.15) is 30.1 Å². The first-order valence-corrected chi connectivity index (χ1v) is 7.60. The fourth-order valence-corrected chi connectivity index (χ4v) is 3.08. The molecule has 0 aliphatic heterocycles. The molecule has 1 aromatic rings. The lowest BCUT2D eigenvalue weighted by atomic mass is 10.2. The zero-order chi connectivity index (χ0) is 15.2. The van der Waals surface area contributed by atoms with Crippen molar-refractivity contribution in [1.82, 2.24) is 4.72 Å². The molecule has 0 amide bonds. The number of hydrogen-bond acceptors (Lipinski definition) is 4. The summed E-state index contributed by atoms with van der Waals surface area (Å²) in [6.45, 7) is 1.90. The van der Waals surface area contributed by atoms with E-state index in [0.29, 0.717) is 6.42 Å². The highest BCUT2D eigenvalue weighted by atomic mass is 32.2. The van der Waals surface area contributed by atoms with Crippen LogP contribution < -0.4 is 4.72 Å². The van der Waals surface area contributed by atoms with Crippen LogP contribution in [0.2, 0.25) is 0 Å². The van der Waals surface area contributed by atoms with E-state index in [0.717, 1.165) is 6.42 Å². The van der Waals surface area contributed by atoms with Gasteiger partial charge in [0.15, 0.2) is 0 Å². The first-order chi connectivity index (χ1) is 9.46. The fourth-order valence-electron chi connectivity index (χ4n) is 1.70. The Hall–Kier alpha value is -1.84. The van der Waals surface area contributed by atoms with Crippen LogP contribution in [0.5, 0.6) is 0 Å². The second-order valence-corrected chi connectivity index (χ2v) is 5.80. The number of hydrogen-bond donors (Lipinski definition) is 1. The van der Waals surface area contributed by atoms with E-state index in [1.54, 1.807) is 6.07 Å². The van der Waals surface area contributed by atoms with Gasteiger partial charge in [-0.15, -0.1) is 6.42 Å². The Morgan fingerprint density at radius 1 is 1.45 bits per heavy atom. The maximum absolute atomic E-state index is 12.3. The summed E-state index contributed by atoms with van der Waals surface area (Å²) in [6, 6.07) is 5.23. The highest BCUT2D eigenvalue weighted by Gasteiger charge is 2.24. The molecule has 5 nitrogen and oxygen atoms in total. The Kier molecular flexibility index (Phi) is 5.74. The lowest BCUT2D eigenvalue weighted by Gasteiger charge is -2.14. The number of terminal acetylenes is 1. The molecule has 0 heterocycles. The van der Waals surface area contributed by atoms with Crippen molar-refractivity contribution >= 4 is 16.0 Å². The molecule has 1 aromatic carbocycles. The minimum atomic E-state index is -3.87. The molecule has 1 unspecified atom stereocenters. The molecule has 0 aromatic heterocycles. The van der Waals surface area contributed by atoms with Crippen LogP contribution in [0.4, 0.5) is 0 Å². The van der Waals surface area contributed by atoms with Crippen molar-refractivity contribution < 1.29 is 17.9 Å². The van der Waals surface area contributed by atoms with Crippen LogP contribution in [0.15, 0.2) is 29.2 Å². The largest absolute Gasteiger partial charge is 0.465 e. The Labute approximate surface area is 119 Å². The van der Waals surface area contributed by atoms with Gasteiger partial charge in [0.05, 0.1) is 23.6 Å². The van der Waals surface area contributed by atoms with Gasteiger partial charge in [0.1, 0.15) is 0 Å². The van der Waals surface area contributed by atoms with Crippen molar-refractivity contribution in [2.45, 2.75) is 30.7 Å². The molecular weight excluding hydrogens is 278 g/mol. The first kappa shape index (κ1) is 16.2. The van der Waals surface area contributed by atoms with Gasteiger partial charge in [-0.2, -0.15) is 4.72 Å². The summed E-state index contributed by atoms with van der Waals surface area (Å²) in [7, 11) is -2.68. The van der Waals surface area contributed by atoms with Gasteiger partial charge in [-0.05, 0) is 18.6 Å². The van der Waals surface area contributed by atoms with Crippen LogP contribution in [-0.4, -0.2) is 27.5 Å². The number of ether oxygens (including phenoxy) is 1. The number of sulfonamides is 1. The van der Waals surface area contributed by atoms with Crippen molar-refractivity contribution in [3.8, 4) is 12.3 Å². The quantitative estimate of drug-likeness (QED) is 0.638. The average molecular weight is 295 g/mol. The number of esters is 1. The highest BCUT2D eigenvalue weighted by Crippen LogP contribution is 2.17. The fraction of sp³-hybridized carbons (Fsp3) is 0.357. The van der Waals surface area contributed by atoms with Crippen LogP contribution in [0.25, 0.3) is 0 Å². The molecule has 0 fully saturated rings. The number of nitrogens with one attached hydrogen (secondary N) is 1. The summed E-state index contributed by atoms with van der Waals surface area (Å²) in [5.41, 5.74) is -0.0187. The third-order valence-electron chi connectivity index (χ3n) is 2.66. The van der Waals surface area contributed by atoms with E-state index in [1.807, 2.05) is 6.92 Å². The molecule has 1 N–H and O–H groups in total. The summed E-state index contributed by atoms with van der Waals surface area (Å²) in [4.78, 5) is 11.5. The Bertz CT molecular complexity index is 616. The first-order valence-electron chi connectivity index (χ1n) is 6.12. The van der Waals surface area contributed by atoms with E-state index >= 15 is 0 Å². The van der Waals surface area contributed by atoms with Gasteiger partial charge >= 0.3 is 5.97 Å². The van der Waals surface area contributed by atoms with Gasteiger partial charge in [-0.3, -0.25) is 0 Å². The molecule has 6 heteroatoms. The maximum atomic E-state index is 12.3. The van der Waals surface area contributed by atoms with E-state index < -0.39 is 22.0 Å². The predicted octanol–water partition coefficient (Wildman–Crippen LogP) is 1.55. The van der Waals surface area contributed by atoms with Crippen molar-refractivity contribution in [3.63, 3.8) is 0 Å². The molecule has 0 bridgehead atoms. The third-order valence-corrected chi connectivity index (χ3v) is 4.19. The van der Waals surface area contributed by atoms with E-state index in [2.05, 4.69) is 15.4 Å². The van der Waals surface area contributed by atoms with Gasteiger partial charge < -0.3 is 4.74 Å². The smallest absolute Gasteiger partial charge is 0.339 e. The molecule has 0 radical (unpaired) electrons. The van der Waals surface area contributed by atoms with Crippen LogP contribution >= 0.6 is 0 Å². The lowest BCUT2D eigenvalue weighted by molar-refractivity contribution is 0.0596. The maximum Gasteiger partial charge on any atom is 0.339 e. The number of methoxy groups -OCH3 is 1. The summed E-state index contributed by atoms with van der Waals surface area (Å²) in [5.74, 6) is 1.68. The topological polar surface area (TPSA) is 72.5 Å². The molecule has 0 saturated carbocycles. The molecule has 0 saturated heterocycles.